The van der Waals surface area contributed by atoms with Gasteiger partial charge in [-0.05, 0) is 5.92 Å². The SMILES string of the molecule is CCCCCCCCCCCCCC(C)CCCC. The quantitative estimate of drug-likeness (QED) is 0.269. The van der Waals surface area contributed by atoms with Crippen molar-refractivity contribution in [3.63, 3.8) is 0 Å². The lowest BCUT2D eigenvalue weighted by Gasteiger charge is -2.10. The number of hydrogen-bond donors (Lipinski definition) is 0. The van der Waals surface area contributed by atoms with Crippen LogP contribution in [0.25, 0.3) is 0 Å². The molecular weight excluding hydrogens is 228 g/mol. The minimum absolute atomic E-state index is 0.971. The third kappa shape index (κ3) is 15.9. The summed E-state index contributed by atoms with van der Waals surface area (Å²) in [7, 11) is 0. The Labute approximate surface area is 123 Å². The fourth-order valence-corrected chi connectivity index (χ4v) is 2.85. The summed E-state index contributed by atoms with van der Waals surface area (Å²) in [6.45, 7) is 7.03. The fourth-order valence-electron chi connectivity index (χ4n) is 2.85. The van der Waals surface area contributed by atoms with Crippen molar-refractivity contribution in [2.24, 2.45) is 5.92 Å². The van der Waals surface area contributed by atoms with Gasteiger partial charge in [-0.15, -0.1) is 0 Å². The molecular formula is C19H40. The standard InChI is InChI=1S/C19H40/c1-4-6-8-9-10-11-12-13-14-15-16-18-19(3)17-7-5-2/h19H,4-18H2,1-3H3. The Bertz CT molecular complexity index is 150. The molecule has 0 saturated heterocycles. The Hall–Kier alpha value is 0. The van der Waals surface area contributed by atoms with Crippen LogP contribution in [0, 0.1) is 5.92 Å². The van der Waals surface area contributed by atoms with E-state index in [1.165, 1.54) is 96.3 Å². The number of rotatable bonds is 15. The zero-order valence-corrected chi connectivity index (χ0v) is 14.2. The summed E-state index contributed by atoms with van der Waals surface area (Å²) in [6.07, 6.45) is 21.8. The average molecular weight is 269 g/mol. The van der Waals surface area contributed by atoms with Crippen molar-refractivity contribution >= 4 is 0 Å². The first kappa shape index (κ1) is 19.0. The molecule has 0 nitrogen and oxygen atoms in total. The summed E-state index contributed by atoms with van der Waals surface area (Å²) in [6, 6.07) is 0. The first-order chi connectivity index (χ1) is 9.31. The summed E-state index contributed by atoms with van der Waals surface area (Å²) >= 11 is 0. The van der Waals surface area contributed by atoms with Gasteiger partial charge in [0.1, 0.15) is 0 Å². The Morgan fingerprint density at radius 1 is 0.474 bits per heavy atom. The molecule has 0 spiro atoms. The van der Waals surface area contributed by atoms with E-state index in [1.807, 2.05) is 0 Å². The minimum atomic E-state index is 0.971. The molecule has 0 aromatic rings. The van der Waals surface area contributed by atoms with Crippen molar-refractivity contribution in [2.45, 2.75) is 117 Å². The zero-order valence-electron chi connectivity index (χ0n) is 14.2. The normalized spacial score (nSPS) is 12.8. The van der Waals surface area contributed by atoms with Crippen molar-refractivity contribution in [2.75, 3.05) is 0 Å². The van der Waals surface area contributed by atoms with Crippen LogP contribution in [0.15, 0.2) is 0 Å². The van der Waals surface area contributed by atoms with Crippen LogP contribution in [0.4, 0.5) is 0 Å². The van der Waals surface area contributed by atoms with E-state index in [0.29, 0.717) is 0 Å². The molecule has 0 bridgehead atoms. The topological polar surface area (TPSA) is 0 Å². The Balaban J connectivity index is 3.02. The summed E-state index contributed by atoms with van der Waals surface area (Å²) in [4.78, 5) is 0. The highest BCUT2D eigenvalue weighted by Crippen LogP contribution is 2.17. The van der Waals surface area contributed by atoms with Crippen LogP contribution < -0.4 is 0 Å². The van der Waals surface area contributed by atoms with E-state index in [1.54, 1.807) is 0 Å². The molecule has 1 unspecified atom stereocenters. The third-order valence-electron chi connectivity index (χ3n) is 4.35. The monoisotopic (exact) mass is 268 g/mol. The van der Waals surface area contributed by atoms with Crippen molar-refractivity contribution in [1.29, 1.82) is 0 Å². The molecule has 0 aliphatic heterocycles. The average Bonchev–Trinajstić information content (AvgIpc) is 2.42. The first-order valence-corrected chi connectivity index (χ1v) is 9.31. The molecule has 116 valence electrons. The predicted molar refractivity (Wildman–Crippen MR) is 89.8 cm³/mol. The lowest BCUT2D eigenvalue weighted by molar-refractivity contribution is 0.440. The molecule has 19 heavy (non-hydrogen) atoms. The van der Waals surface area contributed by atoms with Crippen molar-refractivity contribution in [3.8, 4) is 0 Å². The van der Waals surface area contributed by atoms with Gasteiger partial charge in [-0.2, -0.15) is 0 Å². The summed E-state index contributed by atoms with van der Waals surface area (Å²) < 4.78 is 0. The highest BCUT2D eigenvalue weighted by Gasteiger charge is 2.00. The van der Waals surface area contributed by atoms with E-state index in [9.17, 15) is 0 Å². The lowest BCUT2D eigenvalue weighted by Crippen LogP contribution is -1.94. The van der Waals surface area contributed by atoms with Crippen LogP contribution in [0.3, 0.4) is 0 Å². The van der Waals surface area contributed by atoms with E-state index in [0.717, 1.165) is 5.92 Å². The van der Waals surface area contributed by atoms with Gasteiger partial charge in [0, 0.05) is 0 Å². The van der Waals surface area contributed by atoms with Crippen LogP contribution in [-0.4, -0.2) is 0 Å². The zero-order chi connectivity index (χ0) is 14.2. The molecule has 0 radical (unpaired) electrons. The number of hydrogen-bond acceptors (Lipinski definition) is 0. The Morgan fingerprint density at radius 3 is 1.32 bits per heavy atom. The summed E-state index contributed by atoms with van der Waals surface area (Å²) in [5, 5.41) is 0. The second-order valence-electron chi connectivity index (χ2n) is 6.57. The largest absolute Gasteiger partial charge is 0.0654 e. The molecule has 0 amide bonds. The van der Waals surface area contributed by atoms with Gasteiger partial charge < -0.3 is 0 Å². The Morgan fingerprint density at radius 2 is 0.842 bits per heavy atom. The van der Waals surface area contributed by atoms with Gasteiger partial charge in [0.2, 0.25) is 0 Å². The van der Waals surface area contributed by atoms with Crippen molar-refractivity contribution < 1.29 is 0 Å². The molecule has 0 aliphatic rings. The molecule has 0 aromatic heterocycles. The van der Waals surface area contributed by atoms with Gasteiger partial charge in [0.05, 0.1) is 0 Å². The smallest absolute Gasteiger partial charge is 0.0443 e. The van der Waals surface area contributed by atoms with Crippen LogP contribution in [0.2, 0.25) is 0 Å². The number of unbranched alkanes of at least 4 members (excludes halogenated alkanes) is 11. The predicted octanol–water partition coefficient (Wildman–Crippen LogP) is 7.51. The van der Waals surface area contributed by atoms with Crippen LogP contribution in [0.5, 0.6) is 0 Å². The molecule has 0 fully saturated rings. The molecule has 0 heteroatoms. The second kappa shape index (κ2) is 16.1. The second-order valence-corrected chi connectivity index (χ2v) is 6.57. The maximum absolute atomic E-state index is 2.44. The maximum Gasteiger partial charge on any atom is -0.0443 e. The molecule has 0 heterocycles. The molecule has 1 atom stereocenters. The van der Waals surface area contributed by atoms with Crippen LogP contribution >= 0.6 is 0 Å². The fraction of sp³-hybridized carbons (Fsp3) is 1.00. The summed E-state index contributed by atoms with van der Waals surface area (Å²) in [5.74, 6) is 0.971. The highest BCUT2D eigenvalue weighted by molar-refractivity contribution is 4.54. The minimum Gasteiger partial charge on any atom is -0.0654 e. The molecule has 0 rings (SSSR count). The van der Waals surface area contributed by atoms with Gasteiger partial charge in [-0.1, -0.05) is 117 Å². The van der Waals surface area contributed by atoms with Crippen molar-refractivity contribution in [3.05, 3.63) is 0 Å². The van der Waals surface area contributed by atoms with Gasteiger partial charge in [0.15, 0.2) is 0 Å². The maximum atomic E-state index is 2.44. The van der Waals surface area contributed by atoms with E-state index < -0.39 is 0 Å². The van der Waals surface area contributed by atoms with E-state index in [-0.39, 0.29) is 0 Å². The van der Waals surface area contributed by atoms with Crippen molar-refractivity contribution in [1.82, 2.24) is 0 Å². The molecule has 0 N–H and O–H groups in total. The molecule has 0 saturated carbocycles. The van der Waals surface area contributed by atoms with Crippen LogP contribution in [0.1, 0.15) is 117 Å². The van der Waals surface area contributed by atoms with E-state index in [2.05, 4.69) is 20.8 Å². The molecule has 0 aromatic carbocycles. The lowest BCUT2D eigenvalue weighted by atomic mass is 9.97. The van der Waals surface area contributed by atoms with Gasteiger partial charge >= 0.3 is 0 Å². The van der Waals surface area contributed by atoms with Gasteiger partial charge in [-0.3, -0.25) is 0 Å². The van der Waals surface area contributed by atoms with Gasteiger partial charge in [0.25, 0.3) is 0 Å². The van der Waals surface area contributed by atoms with E-state index >= 15 is 0 Å². The summed E-state index contributed by atoms with van der Waals surface area (Å²) in [5.41, 5.74) is 0. The van der Waals surface area contributed by atoms with Gasteiger partial charge in [-0.25, -0.2) is 0 Å². The highest BCUT2D eigenvalue weighted by atomic mass is 14.1. The Kier molecular flexibility index (Phi) is 16.1. The molecule has 0 aliphatic carbocycles. The third-order valence-corrected chi connectivity index (χ3v) is 4.35. The van der Waals surface area contributed by atoms with Crippen LogP contribution in [-0.2, 0) is 0 Å². The van der Waals surface area contributed by atoms with E-state index in [4.69, 9.17) is 0 Å². The first-order valence-electron chi connectivity index (χ1n) is 9.31.